The molecule has 0 aromatic heterocycles. The first kappa shape index (κ1) is 14.4. The van der Waals surface area contributed by atoms with Crippen molar-refractivity contribution in [2.24, 2.45) is 11.7 Å². The average Bonchev–Trinajstić information content (AvgIpc) is 3.23. The van der Waals surface area contributed by atoms with Gasteiger partial charge in [0.1, 0.15) is 5.75 Å². The van der Waals surface area contributed by atoms with Crippen LogP contribution in [0.25, 0.3) is 0 Å². The van der Waals surface area contributed by atoms with Crippen LogP contribution in [0.15, 0.2) is 24.3 Å². The van der Waals surface area contributed by atoms with E-state index in [2.05, 4.69) is 5.32 Å². The fourth-order valence-electron chi connectivity index (χ4n) is 2.87. The molecular weight excluding hydrogens is 264 g/mol. The Morgan fingerprint density at radius 3 is 2.71 bits per heavy atom. The summed E-state index contributed by atoms with van der Waals surface area (Å²) in [4.78, 5) is 12.3. The number of carbonyl (C=O) groups is 1. The third-order valence-electron chi connectivity index (χ3n) is 4.53. The summed E-state index contributed by atoms with van der Waals surface area (Å²) in [5.41, 5.74) is 6.53. The van der Waals surface area contributed by atoms with Crippen molar-refractivity contribution in [3.63, 3.8) is 0 Å². The van der Waals surface area contributed by atoms with Crippen LogP contribution in [-0.4, -0.2) is 18.1 Å². The van der Waals surface area contributed by atoms with Gasteiger partial charge in [-0.2, -0.15) is 0 Å². The maximum absolute atomic E-state index is 12.3. The van der Waals surface area contributed by atoms with Crippen LogP contribution < -0.4 is 15.8 Å². The highest BCUT2D eigenvalue weighted by atomic mass is 16.5. The molecule has 1 aromatic carbocycles. The molecule has 1 amide bonds. The lowest BCUT2D eigenvalue weighted by molar-refractivity contribution is -0.126. The Hall–Kier alpha value is -1.55. The van der Waals surface area contributed by atoms with Gasteiger partial charge in [0, 0.05) is 12.1 Å². The van der Waals surface area contributed by atoms with Gasteiger partial charge in [0.25, 0.3) is 0 Å². The molecule has 0 atom stereocenters. The van der Waals surface area contributed by atoms with Crippen LogP contribution in [0.4, 0.5) is 0 Å². The van der Waals surface area contributed by atoms with Gasteiger partial charge in [-0.15, -0.1) is 0 Å². The normalized spacial score (nSPS) is 20.2. The summed E-state index contributed by atoms with van der Waals surface area (Å²) in [6.07, 6.45) is 6.22. The molecule has 21 heavy (non-hydrogen) atoms. The number of ether oxygens (including phenoxy) is 1. The van der Waals surface area contributed by atoms with E-state index in [0.29, 0.717) is 6.54 Å². The first-order chi connectivity index (χ1) is 10.2. The lowest BCUT2D eigenvalue weighted by Gasteiger charge is -2.22. The van der Waals surface area contributed by atoms with Crippen molar-refractivity contribution < 1.29 is 9.53 Å². The Morgan fingerprint density at radius 2 is 2.00 bits per heavy atom. The second-order valence-corrected chi connectivity index (χ2v) is 6.41. The van der Waals surface area contributed by atoms with E-state index >= 15 is 0 Å². The minimum absolute atomic E-state index is 0.0306. The van der Waals surface area contributed by atoms with Gasteiger partial charge < -0.3 is 15.8 Å². The van der Waals surface area contributed by atoms with Crippen molar-refractivity contribution in [2.45, 2.75) is 50.6 Å². The lowest BCUT2D eigenvalue weighted by Crippen LogP contribution is -2.51. The second-order valence-electron chi connectivity index (χ2n) is 6.41. The van der Waals surface area contributed by atoms with Gasteiger partial charge in [-0.05, 0) is 37.7 Å². The molecule has 0 spiro atoms. The number of carbonyl (C=O) groups excluding carboxylic acids is 1. The SMILES string of the molecule is NC1(C(=O)NCc2ccccc2OCC2CC2)CCCC1. The van der Waals surface area contributed by atoms with Gasteiger partial charge in [-0.3, -0.25) is 4.79 Å². The van der Waals surface area contributed by atoms with Gasteiger partial charge in [0.05, 0.1) is 12.1 Å². The van der Waals surface area contributed by atoms with Crippen molar-refractivity contribution in [3.05, 3.63) is 29.8 Å². The van der Waals surface area contributed by atoms with Crippen LogP contribution in [0.5, 0.6) is 5.75 Å². The van der Waals surface area contributed by atoms with Crippen molar-refractivity contribution in [1.29, 1.82) is 0 Å². The predicted molar refractivity (Wildman–Crippen MR) is 81.9 cm³/mol. The van der Waals surface area contributed by atoms with E-state index in [1.807, 2.05) is 24.3 Å². The molecule has 2 fully saturated rings. The molecule has 0 radical (unpaired) electrons. The topological polar surface area (TPSA) is 64.4 Å². The van der Waals surface area contributed by atoms with E-state index < -0.39 is 5.54 Å². The molecule has 0 unspecified atom stereocenters. The molecule has 4 nitrogen and oxygen atoms in total. The summed E-state index contributed by atoms with van der Waals surface area (Å²) in [6.45, 7) is 1.27. The van der Waals surface area contributed by atoms with Crippen molar-refractivity contribution in [1.82, 2.24) is 5.32 Å². The standard InChI is InChI=1S/C17H24N2O2/c18-17(9-3-4-10-17)16(20)19-11-14-5-1-2-6-15(14)21-12-13-7-8-13/h1-2,5-6,13H,3-4,7-12,18H2,(H,19,20). The molecule has 0 heterocycles. The van der Waals surface area contributed by atoms with Crippen LogP contribution in [0.3, 0.4) is 0 Å². The highest BCUT2D eigenvalue weighted by molar-refractivity contribution is 5.86. The molecule has 0 bridgehead atoms. The molecule has 2 aliphatic rings. The zero-order valence-electron chi connectivity index (χ0n) is 12.4. The maximum atomic E-state index is 12.3. The summed E-state index contributed by atoms with van der Waals surface area (Å²) in [5, 5.41) is 2.98. The maximum Gasteiger partial charge on any atom is 0.240 e. The number of amides is 1. The van der Waals surface area contributed by atoms with Gasteiger partial charge in [0.15, 0.2) is 0 Å². The van der Waals surface area contributed by atoms with Gasteiger partial charge >= 0.3 is 0 Å². The van der Waals surface area contributed by atoms with E-state index in [4.69, 9.17) is 10.5 Å². The minimum atomic E-state index is -0.663. The van der Waals surface area contributed by atoms with E-state index in [9.17, 15) is 4.79 Å². The highest BCUT2D eigenvalue weighted by Gasteiger charge is 2.36. The van der Waals surface area contributed by atoms with E-state index in [1.165, 1.54) is 12.8 Å². The summed E-state index contributed by atoms with van der Waals surface area (Å²) in [7, 11) is 0. The molecule has 2 saturated carbocycles. The zero-order chi connectivity index (χ0) is 14.7. The van der Waals surface area contributed by atoms with Crippen LogP contribution >= 0.6 is 0 Å². The predicted octanol–water partition coefficient (Wildman–Crippen LogP) is 2.36. The third-order valence-corrected chi connectivity index (χ3v) is 4.53. The van der Waals surface area contributed by atoms with E-state index in [1.54, 1.807) is 0 Å². The highest BCUT2D eigenvalue weighted by Crippen LogP contribution is 2.30. The van der Waals surface area contributed by atoms with Crippen molar-refractivity contribution >= 4 is 5.91 Å². The van der Waals surface area contributed by atoms with Crippen LogP contribution in [0.2, 0.25) is 0 Å². The van der Waals surface area contributed by atoms with Gasteiger partial charge in [-0.1, -0.05) is 31.0 Å². The minimum Gasteiger partial charge on any atom is -0.493 e. The number of hydrogen-bond acceptors (Lipinski definition) is 3. The fraction of sp³-hybridized carbons (Fsp3) is 0.588. The molecule has 3 N–H and O–H groups in total. The van der Waals surface area contributed by atoms with Crippen molar-refractivity contribution in [3.8, 4) is 5.75 Å². The number of hydrogen-bond donors (Lipinski definition) is 2. The first-order valence-electron chi connectivity index (χ1n) is 7.95. The van der Waals surface area contributed by atoms with E-state index in [-0.39, 0.29) is 5.91 Å². The number of benzene rings is 1. The first-order valence-corrected chi connectivity index (χ1v) is 7.95. The summed E-state index contributed by atoms with van der Waals surface area (Å²) < 4.78 is 5.86. The molecular formula is C17H24N2O2. The van der Waals surface area contributed by atoms with E-state index in [0.717, 1.165) is 49.5 Å². The van der Waals surface area contributed by atoms with Crippen LogP contribution in [0.1, 0.15) is 44.1 Å². The van der Waals surface area contributed by atoms with Gasteiger partial charge in [-0.25, -0.2) is 0 Å². The zero-order valence-corrected chi connectivity index (χ0v) is 12.4. The molecule has 114 valence electrons. The Kier molecular flexibility index (Phi) is 4.15. The number of nitrogens with one attached hydrogen (secondary N) is 1. The molecule has 2 aliphatic carbocycles. The molecule has 3 rings (SSSR count). The summed E-state index contributed by atoms with van der Waals surface area (Å²) in [5.74, 6) is 1.57. The number of nitrogens with two attached hydrogens (primary N) is 1. The van der Waals surface area contributed by atoms with Crippen molar-refractivity contribution in [2.75, 3.05) is 6.61 Å². The quantitative estimate of drug-likeness (QED) is 0.844. The summed E-state index contributed by atoms with van der Waals surface area (Å²) in [6, 6.07) is 7.91. The van der Waals surface area contributed by atoms with Crippen LogP contribution in [0, 0.1) is 5.92 Å². The second kappa shape index (κ2) is 6.06. The summed E-state index contributed by atoms with van der Waals surface area (Å²) >= 11 is 0. The Labute approximate surface area is 126 Å². The molecule has 4 heteroatoms. The Balaban J connectivity index is 1.57. The van der Waals surface area contributed by atoms with Crippen LogP contribution in [-0.2, 0) is 11.3 Å². The van der Waals surface area contributed by atoms with Gasteiger partial charge in [0.2, 0.25) is 5.91 Å². The average molecular weight is 288 g/mol. The third kappa shape index (κ3) is 3.56. The smallest absolute Gasteiger partial charge is 0.240 e. The fourth-order valence-corrected chi connectivity index (χ4v) is 2.87. The Bertz CT molecular complexity index is 505. The number of para-hydroxylation sites is 1. The largest absolute Gasteiger partial charge is 0.493 e. The monoisotopic (exact) mass is 288 g/mol. The lowest BCUT2D eigenvalue weighted by atomic mass is 9.98. The molecule has 0 saturated heterocycles. The molecule has 0 aliphatic heterocycles. The number of rotatable bonds is 6. The Morgan fingerprint density at radius 1 is 1.29 bits per heavy atom. The molecule has 1 aromatic rings.